The van der Waals surface area contributed by atoms with E-state index in [2.05, 4.69) is 18.3 Å². The number of fused-ring (bicyclic) bond motifs is 2. The fraction of sp³-hybridized carbons (Fsp3) is 0.375. The maximum absolute atomic E-state index is 5.75. The molecule has 0 amide bonds. The fourth-order valence-corrected chi connectivity index (χ4v) is 3.30. The van der Waals surface area contributed by atoms with Crippen molar-refractivity contribution in [1.82, 2.24) is 5.32 Å². The van der Waals surface area contributed by atoms with Crippen LogP contribution in [0.15, 0.2) is 33.5 Å². The summed E-state index contributed by atoms with van der Waals surface area (Å²) >= 11 is 0. The van der Waals surface area contributed by atoms with Crippen molar-refractivity contribution in [3.8, 4) is 0 Å². The average Bonchev–Trinajstić information content (AvgIpc) is 3.13. The van der Waals surface area contributed by atoms with Crippen molar-refractivity contribution in [1.29, 1.82) is 0 Å². The predicted molar refractivity (Wildman–Crippen MR) is 75.5 cm³/mol. The Morgan fingerprint density at radius 1 is 1.16 bits per heavy atom. The minimum Gasteiger partial charge on any atom is -0.464 e. The highest BCUT2D eigenvalue weighted by Gasteiger charge is 2.21. The molecule has 1 saturated heterocycles. The monoisotopic (exact) mass is 255 g/mol. The van der Waals surface area contributed by atoms with Crippen molar-refractivity contribution >= 4 is 21.9 Å². The molecule has 3 heterocycles. The molecule has 3 nitrogen and oxygen atoms in total. The minimum atomic E-state index is 0.564. The Bertz CT molecular complexity index is 680. The quantitative estimate of drug-likeness (QED) is 0.757. The molecule has 0 spiro atoms. The molecule has 1 N–H and O–H groups in total. The van der Waals surface area contributed by atoms with Crippen molar-refractivity contribution in [2.45, 2.75) is 32.2 Å². The van der Waals surface area contributed by atoms with Gasteiger partial charge in [0.1, 0.15) is 11.2 Å². The van der Waals surface area contributed by atoms with E-state index >= 15 is 0 Å². The number of rotatable bonds is 2. The molecule has 0 aliphatic carbocycles. The van der Waals surface area contributed by atoms with E-state index in [1.54, 1.807) is 12.5 Å². The first-order chi connectivity index (χ1) is 9.34. The first kappa shape index (κ1) is 11.1. The number of hydrogen-bond acceptors (Lipinski definition) is 3. The first-order valence-electron chi connectivity index (χ1n) is 6.94. The predicted octanol–water partition coefficient (Wildman–Crippen LogP) is 3.78. The summed E-state index contributed by atoms with van der Waals surface area (Å²) in [5.41, 5.74) is 4.49. The van der Waals surface area contributed by atoms with Gasteiger partial charge in [-0.3, -0.25) is 0 Å². The second-order valence-electron chi connectivity index (χ2n) is 5.43. The van der Waals surface area contributed by atoms with Gasteiger partial charge in [0.25, 0.3) is 0 Å². The van der Waals surface area contributed by atoms with Gasteiger partial charge in [0.2, 0.25) is 0 Å². The molecule has 1 atom stereocenters. The first-order valence-corrected chi connectivity index (χ1v) is 6.94. The molecule has 3 heteroatoms. The van der Waals surface area contributed by atoms with Crippen LogP contribution in [0.1, 0.15) is 24.0 Å². The molecule has 0 saturated carbocycles. The van der Waals surface area contributed by atoms with Gasteiger partial charge in [-0.25, -0.2) is 0 Å². The van der Waals surface area contributed by atoms with Gasteiger partial charge in [0.15, 0.2) is 0 Å². The lowest BCUT2D eigenvalue weighted by Gasteiger charge is -2.12. The van der Waals surface area contributed by atoms with Crippen LogP contribution in [0.2, 0.25) is 0 Å². The highest BCUT2D eigenvalue weighted by atomic mass is 16.3. The Morgan fingerprint density at radius 3 is 2.74 bits per heavy atom. The van der Waals surface area contributed by atoms with Crippen LogP contribution < -0.4 is 5.32 Å². The summed E-state index contributed by atoms with van der Waals surface area (Å²) in [7, 11) is 0. The number of furan rings is 2. The number of nitrogens with one attached hydrogen (secondary N) is 1. The Hall–Kier alpha value is -1.74. The van der Waals surface area contributed by atoms with E-state index in [0.717, 1.165) is 24.1 Å². The van der Waals surface area contributed by atoms with E-state index in [9.17, 15) is 0 Å². The summed E-state index contributed by atoms with van der Waals surface area (Å²) in [4.78, 5) is 0. The minimum absolute atomic E-state index is 0.564. The van der Waals surface area contributed by atoms with Gasteiger partial charge in [0, 0.05) is 27.9 Å². The SMILES string of the molecule is Cc1c2ccoc2c(CC2CCCN2)c2ccoc12. The summed E-state index contributed by atoms with van der Waals surface area (Å²) in [6.45, 7) is 3.23. The van der Waals surface area contributed by atoms with E-state index in [4.69, 9.17) is 8.83 Å². The zero-order valence-electron chi connectivity index (χ0n) is 11.0. The summed E-state index contributed by atoms with van der Waals surface area (Å²) in [6, 6.07) is 4.67. The normalized spacial score (nSPS) is 19.7. The van der Waals surface area contributed by atoms with Crippen LogP contribution in [0, 0.1) is 6.92 Å². The molecule has 19 heavy (non-hydrogen) atoms. The molecule has 1 aromatic carbocycles. The molecule has 1 aliphatic heterocycles. The smallest absolute Gasteiger partial charge is 0.138 e. The molecule has 0 bridgehead atoms. The average molecular weight is 255 g/mol. The Morgan fingerprint density at radius 2 is 1.95 bits per heavy atom. The third-order valence-corrected chi connectivity index (χ3v) is 4.29. The van der Waals surface area contributed by atoms with Gasteiger partial charge in [-0.2, -0.15) is 0 Å². The van der Waals surface area contributed by atoms with Crippen LogP contribution in [-0.2, 0) is 6.42 Å². The maximum Gasteiger partial charge on any atom is 0.138 e. The summed E-state index contributed by atoms with van der Waals surface area (Å²) in [5, 5.41) is 5.94. The largest absolute Gasteiger partial charge is 0.464 e. The third-order valence-electron chi connectivity index (χ3n) is 4.29. The molecule has 1 unspecified atom stereocenters. The molecule has 1 aliphatic rings. The summed E-state index contributed by atoms with van der Waals surface area (Å²) in [5.74, 6) is 0. The van der Waals surface area contributed by atoms with Crippen molar-refractivity contribution < 1.29 is 8.83 Å². The number of aryl methyl sites for hydroxylation is 1. The van der Waals surface area contributed by atoms with Gasteiger partial charge < -0.3 is 14.2 Å². The van der Waals surface area contributed by atoms with Crippen LogP contribution in [0.3, 0.4) is 0 Å². The van der Waals surface area contributed by atoms with E-state index in [0.29, 0.717) is 6.04 Å². The summed E-state index contributed by atoms with van der Waals surface area (Å²) in [6.07, 6.45) is 7.09. The summed E-state index contributed by atoms with van der Waals surface area (Å²) < 4.78 is 11.4. The van der Waals surface area contributed by atoms with Gasteiger partial charge in [-0.05, 0) is 44.9 Å². The van der Waals surface area contributed by atoms with Gasteiger partial charge in [-0.15, -0.1) is 0 Å². The lowest BCUT2D eigenvalue weighted by atomic mass is 9.96. The Labute approximate surface area is 111 Å². The van der Waals surface area contributed by atoms with Crippen LogP contribution in [-0.4, -0.2) is 12.6 Å². The van der Waals surface area contributed by atoms with Crippen molar-refractivity contribution in [3.63, 3.8) is 0 Å². The van der Waals surface area contributed by atoms with Gasteiger partial charge in [0.05, 0.1) is 12.5 Å². The zero-order valence-corrected chi connectivity index (χ0v) is 11.0. The van der Waals surface area contributed by atoms with Gasteiger partial charge in [-0.1, -0.05) is 0 Å². The lowest BCUT2D eigenvalue weighted by molar-refractivity contribution is 0.582. The van der Waals surface area contributed by atoms with Gasteiger partial charge >= 0.3 is 0 Å². The lowest BCUT2D eigenvalue weighted by Crippen LogP contribution is -2.23. The number of hydrogen-bond donors (Lipinski definition) is 1. The van der Waals surface area contributed by atoms with Crippen molar-refractivity contribution in [2.75, 3.05) is 6.54 Å². The molecular formula is C16H17NO2. The van der Waals surface area contributed by atoms with Crippen LogP contribution in [0.25, 0.3) is 21.9 Å². The molecule has 1 fully saturated rings. The second-order valence-corrected chi connectivity index (χ2v) is 5.43. The standard InChI is InChI=1S/C16H17NO2/c1-10-12-4-7-19-16(12)14(9-11-3-2-6-17-11)13-5-8-18-15(10)13/h4-5,7-8,11,17H,2-3,6,9H2,1H3. The second kappa shape index (κ2) is 4.14. The third kappa shape index (κ3) is 1.61. The van der Waals surface area contributed by atoms with E-state index in [-0.39, 0.29) is 0 Å². The Balaban J connectivity index is 1.95. The van der Waals surface area contributed by atoms with Crippen molar-refractivity contribution in [2.24, 2.45) is 0 Å². The topological polar surface area (TPSA) is 38.3 Å². The van der Waals surface area contributed by atoms with Crippen molar-refractivity contribution in [3.05, 3.63) is 35.8 Å². The van der Waals surface area contributed by atoms with E-state index in [1.165, 1.54) is 34.7 Å². The van der Waals surface area contributed by atoms with E-state index in [1.807, 2.05) is 6.07 Å². The molecule has 98 valence electrons. The molecule has 0 radical (unpaired) electrons. The highest BCUT2D eigenvalue weighted by Crippen LogP contribution is 2.35. The number of benzene rings is 1. The van der Waals surface area contributed by atoms with Crippen LogP contribution in [0.5, 0.6) is 0 Å². The molecule has 2 aromatic heterocycles. The van der Waals surface area contributed by atoms with Crippen LogP contribution in [0.4, 0.5) is 0 Å². The zero-order chi connectivity index (χ0) is 12.8. The van der Waals surface area contributed by atoms with E-state index < -0.39 is 0 Å². The molecule has 3 aromatic rings. The highest BCUT2D eigenvalue weighted by molar-refractivity contribution is 6.01. The Kier molecular flexibility index (Phi) is 2.42. The van der Waals surface area contributed by atoms with Crippen LogP contribution >= 0.6 is 0 Å². The maximum atomic E-state index is 5.75. The molecular weight excluding hydrogens is 238 g/mol. The molecule has 4 rings (SSSR count). The fourth-order valence-electron chi connectivity index (χ4n) is 3.30.